The van der Waals surface area contributed by atoms with E-state index < -0.39 is 10.0 Å². The van der Waals surface area contributed by atoms with Crippen LogP contribution in [0, 0.1) is 0 Å². The van der Waals surface area contributed by atoms with Gasteiger partial charge >= 0.3 is 0 Å². The molecule has 0 bridgehead atoms. The fraction of sp³-hybridized carbons (Fsp3) is 0.167. The largest absolute Gasteiger partial charge is 0.398 e. The number of nitrogens with two attached hydrogens (primary N) is 1. The predicted octanol–water partition coefficient (Wildman–Crippen LogP) is 3.02. The van der Waals surface area contributed by atoms with E-state index in [-0.39, 0.29) is 21.6 Å². The first-order valence-electron chi connectivity index (χ1n) is 5.50. The SMILES string of the molecule is CC(NS(=O)(=O)c1c(N)cccc1Cl)c1ccsc1. The van der Waals surface area contributed by atoms with E-state index in [2.05, 4.69) is 4.72 Å². The minimum Gasteiger partial charge on any atom is -0.398 e. The van der Waals surface area contributed by atoms with E-state index >= 15 is 0 Å². The molecular weight excluding hydrogens is 304 g/mol. The number of sulfonamides is 1. The molecule has 4 nitrogen and oxygen atoms in total. The molecule has 0 aliphatic rings. The highest BCUT2D eigenvalue weighted by Crippen LogP contribution is 2.28. The smallest absolute Gasteiger partial charge is 0.244 e. The third-order valence-corrected chi connectivity index (χ3v) is 5.43. The van der Waals surface area contributed by atoms with Crippen molar-refractivity contribution in [2.75, 3.05) is 5.73 Å². The quantitative estimate of drug-likeness (QED) is 0.852. The third kappa shape index (κ3) is 3.09. The number of rotatable bonds is 4. The summed E-state index contributed by atoms with van der Waals surface area (Å²) in [4.78, 5) is -0.0706. The van der Waals surface area contributed by atoms with Crippen molar-refractivity contribution >= 4 is 38.6 Å². The molecule has 1 aromatic heterocycles. The van der Waals surface area contributed by atoms with Crippen LogP contribution in [0.2, 0.25) is 5.02 Å². The molecule has 7 heteroatoms. The average molecular weight is 317 g/mol. The second-order valence-corrected chi connectivity index (χ2v) is 6.90. The Morgan fingerprint density at radius 3 is 2.68 bits per heavy atom. The molecule has 1 heterocycles. The summed E-state index contributed by atoms with van der Waals surface area (Å²) in [6.07, 6.45) is 0. The number of benzene rings is 1. The fourth-order valence-corrected chi connectivity index (χ4v) is 4.35. The lowest BCUT2D eigenvalue weighted by molar-refractivity contribution is 0.567. The number of thiophene rings is 1. The molecular formula is C12H13ClN2O2S2. The Balaban J connectivity index is 2.33. The maximum atomic E-state index is 12.3. The normalized spacial score (nSPS) is 13.4. The van der Waals surface area contributed by atoms with Gasteiger partial charge in [0.15, 0.2) is 0 Å². The minimum atomic E-state index is -3.75. The summed E-state index contributed by atoms with van der Waals surface area (Å²) < 4.78 is 27.2. The molecule has 0 saturated carbocycles. The number of nitrogen functional groups attached to an aromatic ring is 1. The van der Waals surface area contributed by atoms with Crippen LogP contribution < -0.4 is 10.5 Å². The van der Waals surface area contributed by atoms with E-state index in [4.69, 9.17) is 17.3 Å². The Labute approximate surface area is 121 Å². The number of anilines is 1. The Hall–Kier alpha value is -1.08. The predicted molar refractivity (Wildman–Crippen MR) is 78.9 cm³/mol. The van der Waals surface area contributed by atoms with Crippen LogP contribution >= 0.6 is 22.9 Å². The van der Waals surface area contributed by atoms with Crippen LogP contribution in [0.25, 0.3) is 0 Å². The molecule has 3 N–H and O–H groups in total. The minimum absolute atomic E-state index is 0.0706. The van der Waals surface area contributed by atoms with Crippen LogP contribution in [0.5, 0.6) is 0 Å². The second-order valence-electron chi connectivity index (χ2n) is 4.06. The summed E-state index contributed by atoms with van der Waals surface area (Å²) in [7, 11) is -3.75. The zero-order valence-electron chi connectivity index (χ0n) is 10.1. The molecule has 0 amide bonds. The Kier molecular flexibility index (Phi) is 4.15. The number of halogens is 1. The first-order valence-corrected chi connectivity index (χ1v) is 8.30. The molecule has 19 heavy (non-hydrogen) atoms. The van der Waals surface area contributed by atoms with Crippen LogP contribution in [0.4, 0.5) is 5.69 Å². The summed E-state index contributed by atoms with van der Waals surface area (Å²) in [5, 5.41) is 3.90. The van der Waals surface area contributed by atoms with E-state index in [1.807, 2.05) is 16.8 Å². The summed E-state index contributed by atoms with van der Waals surface area (Å²) >= 11 is 7.44. The summed E-state index contributed by atoms with van der Waals surface area (Å²) in [5.74, 6) is 0. The van der Waals surface area contributed by atoms with Crippen LogP contribution in [0.3, 0.4) is 0 Å². The van der Waals surface area contributed by atoms with E-state index in [1.54, 1.807) is 13.0 Å². The van der Waals surface area contributed by atoms with Gasteiger partial charge in [0.25, 0.3) is 0 Å². The van der Waals surface area contributed by atoms with E-state index in [0.717, 1.165) is 5.56 Å². The molecule has 0 spiro atoms. The van der Waals surface area contributed by atoms with E-state index in [0.29, 0.717) is 0 Å². The highest BCUT2D eigenvalue weighted by molar-refractivity contribution is 7.89. The second kappa shape index (κ2) is 5.50. The third-order valence-electron chi connectivity index (χ3n) is 2.64. The first-order chi connectivity index (χ1) is 8.92. The summed E-state index contributed by atoms with van der Waals surface area (Å²) in [6.45, 7) is 1.77. The lowest BCUT2D eigenvalue weighted by atomic mass is 10.2. The molecule has 0 aliphatic carbocycles. The molecule has 102 valence electrons. The molecule has 0 fully saturated rings. The van der Waals surface area contributed by atoms with Crippen LogP contribution in [0.15, 0.2) is 39.9 Å². The average Bonchev–Trinajstić information content (AvgIpc) is 2.80. The standard InChI is InChI=1S/C12H13ClN2O2S2/c1-8(9-5-6-18-7-9)15-19(16,17)12-10(13)3-2-4-11(12)14/h2-8,15H,14H2,1H3. The number of nitrogens with one attached hydrogen (secondary N) is 1. The van der Waals surface area contributed by atoms with Gasteiger partial charge in [-0.25, -0.2) is 13.1 Å². The van der Waals surface area contributed by atoms with Crippen molar-refractivity contribution in [1.82, 2.24) is 4.72 Å². The van der Waals surface area contributed by atoms with Crippen molar-refractivity contribution in [3.63, 3.8) is 0 Å². The van der Waals surface area contributed by atoms with Gasteiger partial charge in [-0.3, -0.25) is 0 Å². The summed E-state index contributed by atoms with van der Waals surface area (Å²) in [6, 6.07) is 6.15. The van der Waals surface area contributed by atoms with Crippen molar-refractivity contribution in [2.24, 2.45) is 0 Å². The van der Waals surface area contributed by atoms with Gasteiger partial charge in [0.05, 0.1) is 10.7 Å². The molecule has 1 atom stereocenters. The zero-order valence-corrected chi connectivity index (χ0v) is 12.5. The Bertz CT molecular complexity index is 649. The highest BCUT2D eigenvalue weighted by atomic mass is 35.5. The van der Waals surface area contributed by atoms with Gasteiger partial charge in [0, 0.05) is 6.04 Å². The maximum Gasteiger partial charge on any atom is 0.244 e. The Morgan fingerprint density at radius 1 is 1.37 bits per heavy atom. The van der Waals surface area contributed by atoms with Gasteiger partial charge in [-0.1, -0.05) is 17.7 Å². The molecule has 2 rings (SSSR count). The van der Waals surface area contributed by atoms with Crippen molar-refractivity contribution < 1.29 is 8.42 Å². The van der Waals surface area contributed by atoms with Crippen molar-refractivity contribution in [3.05, 3.63) is 45.6 Å². The molecule has 0 saturated heterocycles. The maximum absolute atomic E-state index is 12.3. The van der Waals surface area contributed by atoms with Gasteiger partial charge in [-0.2, -0.15) is 11.3 Å². The monoisotopic (exact) mass is 316 g/mol. The Morgan fingerprint density at radius 2 is 2.11 bits per heavy atom. The molecule has 2 aromatic rings. The lowest BCUT2D eigenvalue weighted by Crippen LogP contribution is -2.27. The highest BCUT2D eigenvalue weighted by Gasteiger charge is 2.23. The molecule has 1 aromatic carbocycles. The van der Waals surface area contributed by atoms with Gasteiger partial charge in [0.1, 0.15) is 4.90 Å². The van der Waals surface area contributed by atoms with Crippen molar-refractivity contribution in [3.8, 4) is 0 Å². The van der Waals surface area contributed by atoms with Gasteiger partial charge in [-0.05, 0) is 41.4 Å². The topological polar surface area (TPSA) is 72.2 Å². The zero-order chi connectivity index (χ0) is 14.0. The molecule has 1 unspecified atom stereocenters. The first kappa shape index (κ1) is 14.3. The van der Waals surface area contributed by atoms with Crippen molar-refractivity contribution in [2.45, 2.75) is 17.9 Å². The number of hydrogen-bond acceptors (Lipinski definition) is 4. The van der Waals surface area contributed by atoms with Crippen LogP contribution in [-0.2, 0) is 10.0 Å². The van der Waals surface area contributed by atoms with Gasteiger partial charge in [-0.15, -0.1) is 0 Å². The van der Waals surface area contributed by atoms with Gasteiger partial charge < -0.3 is 5.73 Å². The van der Waals surface area contributed by atoms with Gasteiger partial charge in [0.2, 0.25) is 10.0 Å². The lowest BCUT2D eigenvalue weighted by Gasteiger charge is -2.15. The molecule has 0 aliphatic heterocycles. The van der Waals surface area contributed by atoms with Crippen molar-refractivity contribution in [1.29, 1.82) is 0 Å². The number of hydrogen-bond donors (Lipinski definition) is 2. The fourth-order valence-electron chi connectivity index (χ4n) is 1.69. The van der Waals surface area contributed by atoms with Crippen LogP contribution in [-0.4, -0.2) is 8.42 Å². The van der Waals surface area contributed by atoms with E-state index in [9.17, 15) is 8.42 Å². The van der Waals surface area contributed by atoms with Crippen LogP contribution in [0.1, 0.15) is 18.5 Å². The molecule has 0 radical (unpaired) electrons. The van der Waals surface area contributed by atoms with E-state index in [1.165, 1.54) is 23.5 Å². The summed E-state index contributed by atoms with van der Waals surface area (Å²) in [5.41, 5.74) is 6.74.